The molecule has 158 valence electrons. The van der Waals surface area contributed by atoms with Gasteiger partial charge in [0.15, 0.2) is 0 Å². The summed E-state index contributed by atoms with van der Waals surface area (Å²) in [5.74, 6) is 1.04. The number of nitrogens with zero attached hydrogens (tertiary/aromatic N) is 6. The van der Waals surface area contributed by atoms with E-state index in [0.717, 1.165) is 28.8 Å². The molecule has 2 heterocycles. The van der Waals surface area contributed by atoms with Gasteiger partial charge < -0.3 is 14.5 Å². The van der Waals surface area contributed by atoms with Crippen LogP contribution in [0.2, 0.25) is 0 Å². The second-order valence-corrected chi connectivity index (χ2v) is 7.77. The van der Waals surface area contributed by atoms with E-state index in [4.69, 9.17) is 9.15 Å². The van der Waals surface area contributed by atoms with Crippen molar-refractivity contribution in [2.75, 3.05) is 24.4 Å². The number of tetrazole rings is 1. The first kappa shape index (κ1) is 20.9. The summed E-state index contributed by atoms with van der Waals surface area (Å²) in [6.07, 6.45) is 1.89. The lowest BCUT2D eigenvalue weighted by molar-refractivity contribution is -0.113. The third-order valence-corrected chi connectivity index (χ3v) is 5.51. The first-order valence-electron chi connectivity index (χ1n) is 8.99. The highest BCUT2D eigenvalue weighted by atomic mass is 32.2. The molecule has 0 spiro atoms. The van der Waals surface area contributed by atoms with E-state index in [9.17, 15) is 4.79 Å². The van der Waals surface area contributed by atoms with E-state index < -0.39 is 0 Å². The van der Waals surface area contributed by atoms with Crippen molar-refractivity contribution in [2.45, 2.75) is 10.4 Å². The summed E-state index contributed by atoms with van der Waals surface area (Å²) in [4.78, 5) is 12.4. The highest BCUT2D eigenvalue weighted by molar-refractivity contribution is 7.99. The maximum Gasteiger partial charge on any atom is 0.277 e. The summed E-state index contributed by atoms with van der Waals surface area (Å²) in [5, 5.41) is 23.4. The molecular weight excluding hydrogens is 438 g/mol. The van der Waals surface area contributed by atoms with Crippen molar-refractivity contribution in [2.24, 2.45) is 0 Å². The fraction of sp³-hybridized carbons (Fsp3) is 0.158. The Kier molecular flexibility index (Phi) is 6.48. The van der Waals surface area contributed by atoms with E-state index in [1.165, 1.54) is 11.8 Å². The van der Waals surface area contributed by atoms with E-state index in [2.05, 4.69) is 31.0 Å². The maximum atomic E-state index is 12.4. The molecule has 1 amide bonds. The molecule has 4 rings (SSSR count). The Morgan fingerprint density at radius 2 is 2.00 bits per heavy atom. The summed E-state index contributed by atoms with van der Waals surface area (Å²) >= 11 is 2.59. The highest BCUT2D eigenvalue weighted by Crippen LogP contribution is 2.25. The largest absolute Gasteiger partial charge is 0.497 e. The van der Waals surface area contributed by atoms with Gasteiger partial charge in [-0.25, -0.2) is 0 Å². The Labute approximate surface area is 185 Å². The fourth-order valence-electron chi connectivity index (χ4n) is 2.63. The lowest BCUT2D eigenvalue weighted by Crippen LogP contribution is -2.14. The molecule has 31 heavy (non-hydrogen) atoms. The topological polar surface area (TPSA) is 121 Å². The number of methoxy groups -OCH3 is 1. The van der Waals surface area contributed by atoms with Crippen molar-refractivity contribution < 1.29 is 13.9 Å². The molecule has 0 saturated carbocycles. The van der Waals surface area contributed by atoms with Crippen LogP contribution < -0.4 is 10.1 Å². The minimum absolute atomic E-state index is 0.120. The first-order valence-corrected chi connectivity index (χ1v) is 11.2. The molecule has 0 aliphatic carbocycles. The Hall–Kier alpha value is -3.38. The van der Waals surface area contributed by atoms with Crippen molar-refractivity contribution in [1.29, 1.82) is 0 Å². The zero-order valence-electron chi connectivity index (χ0n) is 16.6. The van der Waals surface area contributed by atoms with Gasteiger partial charge >= 0.3 is 0 Å². The van der Waals surface area contributed by atoms with Crippen LogP contribution in [0.4, 0.5) is 5.69 Å². The van der Waals surface area contributed by atoms with E-state index in [1.54, 1.807) is 23.9 Å². The van der Waals surface area contributed by atoms with Crippen LogP contribution in [0.5, 0.6) is 5.75 Å². The summed E-state index contributed by atoms with van der Waals surface area (Å²) in [6, 6.07) is 14.6. The zero-order chi connectivity index (χ0) is 21.6. The van der Waals surface area contributed by atoms with Crippen LogP contribution in [0.1, 0.15) is 0 Å². The van der Waals surface area contributed by atoms with Gasteiger partial charge in [0.05, 0.1) is 18.6 Å². The van der Waals surface area contributed by atoms with Gasteiger partial charge in [-0.1, -0.05) is 29.6 Å². The molecule has 0 radical (unpaired) electrons. The van der Waals surface area contributed by atoms with Crippen LogP contribution >= 0.6 is 23.5 Å². The van der Waals surface area contributed by atoms with Gasteiger partial charge in [0.2, 0.25) is 17.0 Å². The Bertz CT molecular complexity index is 1180. The number of carbonyl (C=O) groups excluding carboxylic acids is 1. The number of ether oxygens (including phenoxy) is 1. The first-order chi connectivity index (χ1) is 15.2. The van der Waals surface area contributed by atoms with Gasteiger partial charge in [0, 0.05) is 11.3 Å². The minimum atomic E-state index is -0.201. The van der Waals surface area contributed by atoms with Crippen LogP contribution in [0, 0.1) is 0 Å². The number of rotatable bonds is 8. The van der Waals surface area contributed by atoms with Gasteiger partial charge in [0.25, 0.3) is 5.22 Å². The fourth-order valence-corrected chi connectivity index (χ4v) is 3.62. The van der Waals surface area contributed by atoms with Crippen LogP contribution in [-0.4, -0.2) is 55.4 Å². The SMILES string of the molecule is COc1ccc(-c2nnc(SCC(=O)Nc3cccc(-n4nnnc4SC)c3)o2)cc1. The third-order valence-electron chi connectivity index (χ3n) is 4.07. The summed E-state index contributed by atoms with van der Waals surface area (Å²) in [7, 11) is 1.60. The van der Waals surface area contributed by atoms with E-state index in [0.29, 0.717) is 22.0 Å². The average molecular weight is 456 g/mol. The normalized spacial score (nSPS) is 10.8. The number of thioether (sulfide) groups is 2. The number of hydrogen-bond acceptors (Lipinski definition) is 10. The molecule has 2 aromatic heterocycles. The molecule has 0 aliphatic rings. The van der Waals surface area contributed by atoms with E-state index >= 15 is 0 Å². The van der Waals surface area contributed by atoms with Crippen molar-refractivity contribution in [3.8, 4) is 22.9 Å². The van der Waals surface area contributed by atoms with Crippen molar-refractivity contribution in [3.05, 3.63) is 48.5 Å². The van der Waals surface area contributed by atoms with Crippen LogP contribution in [0.3, 0.4) is 0 Å². The monoisotopic (exact) mass is 455 g/mol. The van der Waals surface area contributed by atoms with Crippen molar-refractivity contribution in [3.63, 3.8) is 0 Å². The number of anilines is 1. The predicted molar refractivity (Wildman–Crippen MR) is 117 cm³/mol. The quantitative estimate of drug-likeness (QED) is 0.397. The number of nitrogens with one attached hydrogen (secondary N) is 1. The summed E-state index contributed by atoms with van der Waals surface area (Å²) in [6.45, 7) is 0. The molecule has 4 aromatic rings. The molecule has 0 aliphatic heterocycles. The highest BCUT2D eigenvalue weighted by Gasteiger charge is 2.13. The predicted octanol–water partition coefficient (Wildman–Crippen LogP) is 3.17. The minimum Gasteiger partial charge on any atom is -0.497 e. The third kappa shape index (κ3) is 5.03. The molecule has 0 fully saturated rings. The van der Waals surface area contributed by atoms with Gasteiger partial charge in [-0.2, -0.15) is 4.68 Å². The zero-order valence-corrected chi connectivity index (χ0v) is 18.2. The Morgan fingerprint density at radius 3 is 2.77 bits per heavy atom. The lowest BCUT2D eigenvalue weighted by atomic mass is 10.2. The van der Waals surface area contributed by atoms with Crippen LogP contribution in [0.15, 0.2) is 63.3 Å². The molecule has 1 N–H and O–H groups in total. The molecule has 0 saturated heterocycles. The van der Waals surface area contributed by atoms with Gasteiger partial charge in [-0.3, -0.25) is 4.79 Å². The van der Waals surface area contributed by atoms with Gasteiger partial charge in [-0.15, -0.1) is 15.3 Å². The van der Waals surface area contributed by atoms with E-state index in [1.807, 2.05) is 42.7 Å². The van der Waals surface area contributed by atoms with Crippen LogP contribution in [0.25, 0.3) is 17.1 Å². The van der Waals surface area contributed by atoms with Gasteiger partial charge in [-0.05, 0) is 59.1 Å². The summed E-state index contributed by atoms with van der Waals surface area (Å²) < 4.78 is 12.4. The Morgan fingerprint density at radius 1 is 1.16 bits per heavy atom. The number of hydrogen-bond donors (Lipinski definition) is 1. The maximum absolute atomic E-state index is 12.4. The smallest absolute Gasteiger partial charge is 0.277 e. The molecular formula is C19H17N7O3S2. The van der Waals surface area contributed by atoms with Crippen molar-refractivity contribution >= 4 is 35.1 Å². The molecule has 0 unspecified atom stereocenters. The second-order valence-electron chi connectivity index (χ2n) is 6.07. The van der Waals surface area contributed by atoms with Gasteiger partial charge in [0.1, 0.15) is 5.75 Å². The standard InChI is InChI=1S/C19H17N7O3S2/c1-28-15-8-6-12(7-9-15)17-21-23-19(29-17)31-11-16(27)20-13-4-3-5-14(10-13)26-18(30-2)22-24-25-26/h3-10H,11H2,1-2H3,(H,20,27). The average Bonchev–Trinajstić information content (AvgIpc) is 3.47. The molecule has 2 aromatic carbocycles. The Balaban J connectivity index is 1.36. The molecule has 10 nitrogen and oxygen atoms in total. The van der Waals surface area contributed by atoms with E-state index in [-0.39, 0.29) is 11.7 Å². The number of carbonyl (C=O) groups is 1. The molecule has 0 bridgehead atoms. The number of benzene rings is 2. The number of amides is 1. The molecule has 12 heteroatoms. The second kappa shape index (κ2) is 9.62. The molecule has 0 atom stereocenters. The number of aromatic nitrogens is 6. The van der Waals surface area contributed by atoms with Crippen molar-refractivity contribution in [1.82, 2.24) is 30.4 Å². The lowest BCUT2D eigenvalue weighted by Gasteiger charge is -2.07. The van der Waals surface area contributed by atoms with Crippen LogP contribution in [-0.2, 0) is 4.79 Å². The summed E-state index contributed by atoms with van der Waals surface area (Å²) in [5.41, 5.74) is 2.16.